The van der Waals surface area contributed by atoms with Crippen molar-refractivity contribution in [2.45, 2.75) is 25.7 Å². The molecule has 0 aromatic carbocycles. The van der Waals surface area contributed by atoms with Crippen molar-refractivity contribution >= 4 is 5.82 Å². The Kier molecular flexibility index (Phi) is 3.37. The van der Waals surface area contributed by atoms with Crippen LogP contribution < -0.4 is 10.1 Å². The van der Waals surface area contributed by atoms with Crippen LogP contribution in [0.1, 0.15) is 25.7 Å². The molecule has 15 heavy (non-hydrogen) atoms. The molecule has 4 nitrogen and oxygen atoms in total. The molecule has 0 unspecified atom stereocenters. The summed E-state index contributed by atoms with van der Waals surface area (Å²) in [6.45, 7) is 0.983. The number of hydrogen-bond acceptors (Lipinski definition) is 4. The highest BCUT2D eigenvalue weighted by Gasteiger charge is 2.19. The van der Waals surface area contributed by atoms with Crippen LogP contribution in [0.5, 0.6) is 5.88 Å². The second-order valence-corrected chi connectivity index (χ2v) is 3.96. The van der Waals surface area contributed by atoms with E-state index in [0.717, 1.165) is 18.3 Å². The monoisotopic (exact) mass is 207 g/mol. The van der Waals surface area contributed by atoms with E-state index < -0.39 is 0 Å². The lowest BCUT2D eigenvalue weighted by molar-refractivity contribution is 0.397. The molecule has 0 aliphatic heterocycles. The number of nitrogens with zero attached hydrogens (tertiary/aromatic N) is 2. The van der Waals surface area contributed by atoms with Crippen LogP contribution in [0.25, 0.3) is 0 Å². The Hall–Kier alpha value is -1.32. The van der Waals surface area contributed by atoms with Gasteiger partial charge in [-0.05, 0) is 18.8 Å². The van der Waals surface area contributed by atoms with Gasteiger partial charge in [-0.3, -0.25) is 0 Å². The van der Waals surface area contributed by atoms with Gasteiger partial charge in [-0.1, -0.05) is 12.8 Å². The minimum atomic E-state index is 0.606. The molecule has 0 saturated heterocycles. The van der Waals surface area contributed by atoms with E-state index in [1.54, 1.807) is 7.11 Å². The highest BCUT2D eigenvalue weighted by molar-refractivity contribution is 5.36. The maximum absolute atomic E-state index is 5.02. The van der Waals surface area contributed by atoms with Crippen LogP contribution in [-0.2, 0) is 0 Å². The number of anilines is 1. The van der Waals surface area contributed by atoms with Crippen molar-refractivity contribution in [3.8, 4) is 5.88 Å². The molecule has 2 rings (SSSR count). The first-order chi connectivity index (χ1) is 7.38. The van der Waals surface area contributed by atoms with Gasteiger partial charge in [0, 0.05) is 12.6 Å². The lowest BCUT2D eigenvalue weighted by atomic mass is 10.2. The minimum absolute atomic E-state index is 0.606. The van der Waals surface area contributed by atoms with Gasteiger partial charge in [0.25, 0.3) is 0 Å². The molecule has 0 radical (unpaired) electrons. The van der Waals surface area contributed by atoms with E-state index in [1.165, 1.54) is 32.0 Å². The fraction of sp³-hybridized carbons (Fsp3) is 0.636. The van der Waals surface area contributed by atoms with E-state index in [1.807, 2.05) is 6.07 Å². The van der Waals surface area contributed by atoms with Gasteiger partial charge in [0.15, 0.2) is 0 Å². The Morgan fingerprint density at radius 2 is 2.33 bits per heavy atom. The number of aromatic nitrogens is 2. The van der Waals surface area contributed by atoms with Gasteiger partial charge in [0.05, 0.1) is 7.11 Å². The predicted octanol–water partition coefficient (Wildman–Crippen LogP) is 2.09. The maximum atomic E-state index is 5.02. The van der Waals surface area contributed by atoms with Crippen LogP contribution in [0.3, 0.4) is 0 Å². The molecule has 0 atom stereocenters. The van der Waals surface area contributed by atoms with Gasteiger partial charge in [-0.15, -0.1) is 0 Å². The molecule has 82 valence electrons. The van der Waals surface area contributed by atoms with Crippen molar-refractivity contribution in [3.05, 3.63) is 12.4 Å². The first kappa shape index (κ1) is 10.2. The van der Waals surface area contributed by atoms with Gasteiger partial charge in [0.2, 0.25) is 5.88 Å². The van der Waals surface area contributed by atoms with E-state index in [0.29, 0.717) is 5.88 Å². The van der Waals surface area contributed by atoms with Crippen molar-refractivity contribution in [3.63, 3.8) is 0 Å². The summed E-state index contributed by atoms with van der Waals surface area (Å²) in [5.74, 6) is 2.46. The summed E-state index contributed by atoms with van der Waals surface area (Å²) in [6, 6.07) is 1.82. The number of rotatable bonds is 6. The first-order valence-corrected chi connectivity index (χ1v) is 5.48. The highest BCUT2D eigenvalue weighted by atomic mass is 16.5. The van der Waals surface area contributed by atoms with E-state index in [2.05, 4.69) is 15.3 Å². The Balaban J connectivity index is 1.71. The van der Waals surface area contributed by atoms with Crippen LogP contribution in [0.2, 0.25) is 0 Å². The molecule has 1 aliphatic carbocycles. The molecule has 1 heterocycles. The Bertz CT molecular complexity index is 312. The SMILES string of the molecule is COc1cc(NCCCC2CC2)ncn1. The van der Waals surface area contributed by atoms with Crippen LogP contribution in [0, 0.1) is 5.92 Å². The highest BCUT2D eigenvalue weighted by Crippen LogP contribution is 2.33. The smallest absolute Gasteiger partial charge is 0.218 e. The van der Waals surface area contributed by atoms with Gasteiger partial charge in [0.1, 0.15) is 12.1 Å². The van der Waals surface area contributed by atoms with Gasteiger partial charge in [-0.25, -0.2) is 9.97 Å². The summed E-state index contributed by atoms with van der Waals surface area (Å²) in [6.07, 6.45) is 6.94. The molecular weight excluding hydrogens is 190 g/mol. The molecule has 4 heteroatoms. The summed E-state index contributed by atoms with van der Waals surface area (Å²) >= 11 is 0. The molecule has 1 fully saturated rings. The quantitative estimate of drug-likeness (QED) is 0.725. The molecule has 1 aliphatic rings. The molecule has 1 aromatic heterocycles. The summed E-state index contributed by atoms with van der Waals surface area (Å²) in [5, 5.41) is 3.27. The third-order valence-electron chi connectivity index (χ3n) is 2.64. The molecule has 0 bridgehead atoms. The Labute approximate surface area is 90.1 Å². The summed E-state index contributed by atoms with van der Waals surface area (Å²) in [7, 11) is 1.61. The number of methoxy groups -OCH3 is 1. The van der Waals surface area contributed by atoms with Gasteiger partial charge >= 0.3 is 0 Å². The zero-order chi connectivity index (χ0) is 10.5. The maximum Gasteiger partial charge on any atom is 0.218 e. The predicted molar refractivity (Wildman–Crippen MR) is 59.0 cm³/mol. The largest absolute Gasteiger partial charge is 0.481 e. The third-order valence-corrected chi connectivity index (χ3v) is 2.64. The molecular formula is C11H17N3O. The van der Waals surface area contributed by atoms with Crippen molar-refractivity contribution in [2.75, 3.05) is 19.0 Å². The Morgan fingerprint density at radius 3 is 3.07 bits per heavy atom. The molecule has 1 aromatic rings. The van der Waals surface area contributed by atoms with E-state index in [-0.39, 0.29) is 0 Å². The number of hydrogen-bond donors (Lipinski definition) is 1. The first-order valence-electron chi connectivity index (χ1n) is 5.48. The second-order valence-electron chi connectivity index (χ2n) is 3.96. The van der Waals surface area contributed by atoms with E-state index in [9.17, 15) is 0 Å². The average Bonchev–Trinajstić information content (AvgIpc) is 3.09. The fourth-order valence-electron chi connectivity index (χ4n) is 1.56. The summed E-state index contributed by atoms with van der Waals surface area (Å²) in [5.41, 5.74) is 0. The Morgan fingerprint density at radius 1 is 1.47 bits per heavy atom. The normalized spacial score (nSPS) is 15.0. The average molecular weight is 207 g/mol. The van der Waals surface area contributed by atoms with Crippen LogP contribution in [0.15, 0.2) is 12.4 Å². The topological polar surface area (TPSA) is 47.0 Å². The van der Waals surface area contributed by atoms with E-state index in [4.69, 9.17) is 4.74 Å². The summed E-state index contributed by atoms with van der Waals surface area (Å²) in [4.78, 5) is 8.07. The van der Waals surface area contributed by atoms with Gasteiger partial charge in [-0.2, -0.15) is 0 Å². The molecule has 1 saturated carbocycles. The van der Waals surface area contributed by atoms with Gasteiger partial charge < -0.3 is 10.1 Å². The standard InChI is InChI=1S/C11H17N3O/c1-15-11-7-10(13-8-14-11)12-6-2-3-9-4-5-9/h7-9H,2-6H2,1H3,(H,12,13,14). The zero-order valence-corrected chi connectivity index (χ0v) is 9.07. The van der Waals surface area contributed by atoms with E-state index >= 15 is 0 Å². The minimum Gasteiger partial charge on any atom is -0.481 e. The molecule has 0 amide bonds. The third kappa shape index (κ3) is 3.38. The molecule has 1 N–H and O–H groups in total. The van der Waals surface area contributed by atoms with Crippen molar-refractivity contribution in [1.82, 2.24) is 9.97 Å². The van der Waals surface area contributed by atoms with Crippen molar-refractivity contribution in [2.24, 2.45) is 5.92 Å². The lowest BCUT2D eigenvalue weighted by Gasteiger charge is -2.05. The summed E-state index contributed by atoms with van der Waals surface area (Å²) < 4.78 is 5.02. The van der Waals surface area contributed by atoms with Crippen LogP contribution >= 0.6 is 0 Å². The number of ether oxygens (including phenoxy) is 1. The number of nitrogens with one attached hydrogen (secondary N) is 1. The molecule has 0 spiro atoms. The van der Waals surface area contributed by atoms with Crippen molar-refractivity contribution in [1.29, 1.82) is 0 Å². The second kappa shape index (κ2) is 4.96. The zero-order valence-electron chi connectivity index (χ0n) is 9.07. The van der Waals surface area contributed by atoms with Crippen LogP contribution in [-0.4, -0.2) is 23.6 Å². The van der Waals surface area contributed by atoms with Crippen LogP contribution in [0.4, 0.5) is 5.82 Å². The fourth-order valence-corrected chi connectivity index (χ4v) is 1.56. The van der Waals surface area contributed by atoms with Crippen molar-refractivity contribution < 1.29 is 4.74 Å². The lowest BCUT2D eigenvalue weighted by Crippen LogP contribution is -2.04.